The molecule has 15 heavy (non-hydrogen) atoms. The van der Waals surface area contributed by atoms with Crippen LogP contribution in [0.5, 0.6) is 0 Å². The molecule has 0 unspecified atom stereocenters. The number of rotatable bonds is 4. The molecule has 1 heterocycles. The van der Waals surface area contributed by atoms with Gasteiger partial charge in [0.05, 0.1) is 0 Å². The number of anilines is 2. The smallest absolute Gasteiger partial charge is 0.224 e. The first-order valence-corrected chi connectivity index (χ1v) is 5.61. The molecule has 2 saturated carbocycles. The topological polar surface area (TPSA) is 63.8 Å². The van der Waals surface area contributed by atoms with Gasteiger partial charge in [-0.05, 0) is 43.1 Å². The van der Waals surface area contributed by atoms with Crippen molar-refractivity contribution < 1.29 is 0 Å². The van der Waals surface area contributed by atoms with Crippen molar-refractivity contribution >= 4 is 11.8 Å². The zero-order valence-corrected chi connectivity index (χ0v) is 8.74. The standard InChI is InChI=1S/C11H16N4/c12-9-3-6-13-10(15-9)14-7-11(4-5-11)8-1-2-8/h3,6,8H,1-2,4-5,7H2,(H3,12,13,14,15). The second-order valence-corrected chi connectivity index (χ2v) is 4.80. The molecule has 0 aromatic carbocycles. The van der Waals surface area contributed by atoms with Gasteiger partial charge in [0.1, 0.15) is 5.82 Å². The third-order valence-electron chi connectivity index (χ3n) is 3.61. The summed E-state index contributed by atoms with van der Waals surface area (Å²) in [6.07, 6.45) is 7.26. The van der Waals surface area contributed by atoms with E-state index in [0.29, 0.717) is 17.2 Å². The molecule has 0 saturated heterocycles. The molecule has 4 heteroatoms. The zero-order chi connectivity index (χ0) is 10.3. The van der Waals surface area contributed by atoms with Crippen molar-refractivity contribution in [3.63, 3.8) is 0 Å². The van der Waals surface area contributed by atoms with E-state index in [9.17, 15) is 0 Å². The maximum atomic E-state index is 5.59. The Morgan fingerprint density at radius 1 is 1.47 bits per heavy atom. The molecule has 1 aromatic heterocycles. The van der Waals surface area contributed by atoms with Crippen LogP contribution in [0.15, 0.2) is 12.3 Å². The van der Waals surface area contributed by atoms with Crippen molar-refractivity contribution in [2.75, 3.05) is 17.6 Å². The molecule has 0 aliphatic heterocycles. The predicted octanol–water partition coefficient (Wildman–Crippen LogP) is 1.66. The van der Waals surface area contributed by atoms with Gasteiger partial charge in [-0.1, -0.05) is 0 Å². The minimum absolute atomic E-state index is 0.531. The van der Waals surface area contributed by atoms with Gasteiger partial charge in [-0.25, -0.2) is 4.98 Å². The third-order valence-corrected chi connectivity index (χ3v) is 3.61. The molecule has 0 amide bonds. The van der Waals surface area contributed by atoms with Crippen LogP contribution in [0, 0.1) is 11.3 Å². The number of aromatic nitrogens is 2. The van der Waals surface area contributed by atoms with Gasteiger partial charge in [0.25, 0.3) is 0 Å². The normalized spacial score (nSPS) is 22.4. The highest BCUT2D eigenvalue weighted by atomic mass is 15.1. The Balaban J connectivity index is 1.61. The summed E-state index contributed by atoms with van der Waals surface area (Å²) in [7, 11) is 0. The van der Waals surface area contributed by atoms with Crippen molar-refractivity contribution in [1.82, 2.24) is 9.97 Å². The summed E-state index contributed by atoms with van der Waals surface area (Å²) in [6, 6.07) is 1.71. The number of nitrogen functional groups attached to an aromatic ring is 1. The zero-order valence-electron chi connectivity index (χ0n) is 8.74. The Labute approximate surface area is 89.3 Å². The van der Waals surface area contributed by atoms with Crippen molar-refractivity contribution in [3.8, 4) is 0 Å². The van der Waals surface area contributed by atoms with Crippen molar-refractivity contribution in [2.45, 2.75) is 25.7 Å². The molecule has 0 atom stereocenters. The Morgan fingerprint density at radius 2 is 2.27 bits per heavy atom. The van der Waals surface area contributed by atoms with Crippen LogP contribution in [0.1, 0.15) is 25.7 Å². The highest BCUT2D eigenvalue weighted by Gasteiger charge is 2.53. The first-order chi connectivity index (χ1) is 7.28. The third kappa shape index (κ3) is 1.76. The SMILES string of the molecule is Nc1ccnc(NCC2(C3CC3)CC2)n1. The largest absolute Gasteiger partial charge is 0.384 e. The van der Waals surface area contributed by atoms with Crippen LogP contribution >= 0.6 is 0 Å². The first kappa shape index (κ1) is 8.95. The highest BCUT2D eigenvalue weighted by molar-refractivity contribution is 5.35. The van der Waals surface area contributed by atoms with Gasteiger partial charge in [-0.3, -0.25) is 0 Å². The summed E-state index contributed by atoms with van der Waals surface area (Å²) in [5.41, 5.74) is 6.17. The molecule has 2 aliphatic carbocycles. The fourth-order valence-electron chi connectivity index (χ4n) is 2.30. The van der Waals surface area contributed by atoms with Crippen LogP contribution in [-0.2, 0) is 0 Å². The maximum Gasteiger partial charge on any atom is 0.224 e. The van der Waals surface area contributed by atoms with E-state index in [1.165, 1.54) is 25.7 Å². The Hall–Kier alpha value is -1.32. The second-order valence-electron chi connectivity index (χ2n) is 4.80. The fourth-order valence-corrected chi connectivity index (χ4v) is 2.30. The van der Waals surface area contributed by atoms with E-state index in [1.54, 1.807) is 12.3 Å². The average Bonchev–Trinajstić information content (AvgIpc) is 3.08. The summed E-state index contributed by atoms with van der Waals surface area (Å²) >= 11 is 0. The number of nitrogens with zero attached hydrogens (tertiary/aromatic N) is 2. The number of nitrogens with two attached hydrogens (primary N) is 1. The molecule has 4 nitrogen and oxygen atoms in total. The fraction of sp³-hybridized carbons (Fsp3) is 0.636. The van der Waals surface area contributed by atoms with Gasteiger partial charge < -0.3 is 11.1 Å². The van der Waals surface area contributed by atoms with Gasteiger partial charge in [0, 0.05) is 12.7 Å². The molecular formula is C11H16N4. The summed E-state index contributed by atoms with van der Waals surface area (Å²) in [5, 5.41) is 3.31. The lowest BCUT2D eigenvalue weighted by Gasteiger charge is -2.14. The summed E-state index contributed by atoms with van der Waals surface area (Å²) in [6.45, 7) is 1.02. The van der Waals surface area contributed by atoms with Crippen LogP contribution in [0.3, 0.4) is 0 Å². The van der Waals surface area contributed by atoms with Crippen LogP contribution in [0.2, 0.25) is 0 Å². The van der Waals surface area contributed by atoms with E-state index in [0.717, 1.165) is 12.5 Å². The van der Waals surface area contributed by atoms with Crippen molar-refractivity contribution in [2.24, 2.45) is 11.3 Å². The molecule has 3 N–H and O–H groups in total. The van der Waals surface area contributed by atoms with Crippen LogP contribution in [0.4, 0.5) is 11.8 Å². The van der Waals surface area contributed by atoms with E-state index < -0.39 is 0 Å². The molecule has 0 spiro atoms. The van der Waals surface area contributed by atoms with E-state index in [-0.39, 0.29) is 0 Å². The minimum atomic E-state index is 0.531. The van der Waals surface area contributed by atoms with Gasteiger partial charge in [0.15, 0.2) is 0 Å². The minimum Gasteiger partial charge on any atom is -0.384 e. The van der Waals surface area contributed by atoms with E-state index >= 15 is 0 Å². The van der Waals surface area contributed by atoms with Crippen LogP contribution in [0.25, 0.3) is 0 Å². The number of nitrogens with one attached hydrogen (secondary N) is 1. The monoisotopic (exact) mass is 204 g/mol. The van der Waals surface area contributed by atoms with E-state index in [1.807, 2.05) is 0 Å². The molecule has 2 fully saturated rings. The Bertz CT molecular complexity index is 369. The molecule has 0 bridgehead atoms. The molecule has 3 rings (SSSR count). The maximum absolute atomic E-state index is 5.59. The molecular weight excluding hydrogens is 188 g/mol. The lowest BCUT2D eigenvalue weighted by molar-refractivity contribution is 0.465. The Morgan fingerprint density at radius 3 is 2.87 bits per heavy atom. The van der Waals surface area contributed by atoms with Crippen LogP contribution in [-0.4, -0.2) is 16.5 Å². The van der Waals surface area contributed by atoms with Gasteiger partial charge in [0.2, 0.25) is 5.95 Å². The first-order valence-electron chi connectivity index (χ1n) is 5.61. The van der Waals surface area contributed by atoms with Crippen molar-refractivity contribution in [1.29, 1.82) is 0 Å². The van der Waals surface area contributed by atoms with E-state index in [4.69, 9.17) is 5.73 Å². The van der Waals surface area contributed by atoms with E-state index in [2.05, 4.69) is 15.3 Å². The predicted molar refractivity (Wildman–Crippen MR) is 59.3 cm³/mol. The summed E-state index contributed by atoms with van der Waals surface area (Å²) < 4.78 is 0. The van der Waals surface area contributed by atoms with Gasteiger partial charge in [-0.2, -0.15) is 4.98 Å². The average molecular weight is 204 g/mol. The highest BCUT2D eigenvalue weighted by Crippen LogP contribution is 2.61. The summed E-state index contributed by atoms with van der Waals surface area (Å²) in [5.74, 6) is 2.16. The van der Waals surface area contributed by atoms with Gasteiger partial charge in [-0.15, -0.1) is 0 Å². The molecule has 80 valence electrons. The number of hydrogen-bond donors (Lipinski definition) is 2. The molecule has 1 aromatic rings. The lowest BCUT2D eigenvalue weighted by atomic mass is 10.0. The van der Waals surface area contributed by atoms with Crippen LogP contribution < -0.4 is 11.1 Å². The molecule has 2 aliphatic rings. The van der Waals surface area contributed by atoms with Gasteiger partial charge >= 0.3 is 0 Å². The second kappa shape index (κ2) is 3.08. The number of hydrogen-bond acceptors (Lipinski definition) is 4. The Kier molecular flexibility index (Phi) is 1.84. The summed E-state index contributed by atoms with van der Waals surface area (Å²) in [4.78, 5) is 8.29. The quantitative estimate of drug-likeness (QED) is 0.783. The molecule has 0 radical (unpaired) electrons. The van der Waals surface area contributed by atoms with Crippen molar-refractivity contribution in [3.05, 3.63) is 12.3 Å². The lowest BCUT2D eigenvalue weighted by Crippen LogP contribution is -2.18.